The predicted molar refractivity (Wildman–Crippen MR) is 62.5 cm³/mol. The van der Waals surface area contributed by atoms with Crippen molar-refractivity contribution in [2.45, 2.75) is 46.2 Å². The third kappa shape index (κ3) is 3.99. The van der Waals surface area contributed by atoms with Crippen LogP contribution in [0.15, 0.2) is 23.9 Å². The summed E-state index contributed by atoms with van der Waals surface area (Å²) in [7, 11) is -1.63. The minimum Gasteiger partial charge on any atom is -0.520 e. The number of hydrogen-bond donors (Lipinski definition) is 0. The molecule has 0 spiro atoms. The van der Waals surface area contributed by atoms with E-state index >= 15 is 0 Å². The second kappa shape index (κ2) is 3.93. The summed E-state index contributed by atoms with van der Waals surface area (Å²) in [5.74, 6) is 0.712. The van der Waals surface area contributed by atoms with Crippen LogP contribution in [0.3, 0.4) is 0 Å². The summed E-state index contributed by atoms with van der Waals surface area (Å²) < 4.78 is 17.0. The van der Waals surface area contributed by atoms with Crippen LogP contribution in [0.25, 0.3) is 0 Å². The Balaban J connectivity index is 2.85. The number of ether oxygens (including phenoxy) is 2. The van der Waals surface area contributed by atoms with E-state index in [1.807, 2.05) is 26.8 Å². The maximum absolute atomic E-state index is 5.80. The molecule has 0 radical (unpaired) electrons. The average Bonchev–Trinajstić information content (AvgIpc) is 1.97. The second-order valence-electron chi connectivity index (χ2n) is 4.97. The first-order valence-corrected chi connectivity index (χ1v) is 8.58. The molecule has 86 valence electrons. The Kier molecular flexibility index (Phi) is 3.18. The highest BCUT2D eigenvalue weighted by molar-refractivity contribution is 6.70. The zero-order valence-corrected chi connectivity index (χ0v) is 11.4. The number of rotatable bonds is 2. The normalized spacial score (nSPS) is 22.8. The zero-order valence-electron chi connectivity index (χ0n) is 10.4. The Labute approximate surface area is 92.8 Å². The van der Waals surface area contributed by atoms with Crippen LogP contribution in [0, 0.1) is 0 Å². The zero-order chi connectivity index (χ0) is 11.7. The molecule has 4 heteroatoms. The summed E-state index contributed by atoms with van der Waals surface area (Å²) >= 11 is 0. The lowest BCUT2D eigenvalue weighted by Gasteiger charge is -2.34. The van der Waals surface area contributed by atoms with Gasteiger partial charge in [0.1, 0.15) is 5.76 Å². The van der Waals surface area contributed by atoms with E-state index in [1.165, 1.54) is 0 Å². The molecule has 0 aromatic heterocycles. The number of allylic oxidation sites excluding steroid dienone is 2. The van der Waals surface area contributed by atoms with Crippen molar-refractivity contribution >= 4 is 8.32 Å². The first-order valence-electron chi connectivity index (χ1n) is 5.17. The molecule has 3 nitrogen and oxygen atoms in total. The Morgan fingerprint density at radius 2 is 1.87 bits per heavy atom. The fourth-order valence-corrected chi connectivity index (χ4v) is 1.92. The third-order valence-corrected chi connectivity index (χ3v) is 2.47. The van der Waals surface area contributed by atoms with Crippen LogP contribution in [0.1, 0.15) is 20.8 Å². The summed E-state index contributed by atoms with van der Waals surface area (Å²) in [6.07, 6.45) is 3.70. The largest absolute Gasteiger partial charge is 0.520 e. The molecule has 1 rings (SSSR count). The first-order chi connectivity index (χ1) is 6.72. The summed E-state index contributed by atoms with van der Waals surface area (Å²) in [5.41, 5.74) is 0. The molecule has 1 aliphatic heterocycles. The van der Waals surface area contributed by atoms with Gasteiger partial charge in [0.2, 0.25) is 14.1 Å². The molecule has 0 fully saturated rings. The lowest BCUT2D eigenvalue weighted by molar-refractivity contribution is -0.194. The molecule has 1 heterocycles. The van der Waals surface area contributed by atoms with Crippen LogP contribution in [0.2, 0.25) is 19.6 Å². The highest BCUT2D eigenvalue weighted by Gasteiger charge is 2.31. The van der Waals surface area contributed by atoms with Crippen molar-refractivity contribution in [3.8, 4) is 0 Å². The fraction of sp³-hybridized carbons (Fsp3) is 0.636. The van der Waals surface area contributed by atoms with Gasteiger partial charge in [0.15, 0.2) is 0 Å². The van der Waals surface area contributed by atoms with Crippen LogP contribution >= 0.6 is 0 Å². The predicted octanol–water partition coefficient (Wildman–Crippen LogP) is 3.37. The molecule has 0 aliphatic carbocycles. The standard InChI is InChI=1S/C11H20O3Si/c1-7-9-8-10(14-15(4,5)6)13-11(2,3)12-9/h7-8H,1-6H3/b9-7-. The van der Waals surface area contributed by atoms with E-state index in [9.17, 15) is 0 Å². The van der Waals surface area contributed by atoms with Crippen molar-refractivity contribution in [2.75, 3.05) is 0 Å². The van der Waals surface area contributed by atoms with E-state index in [-0.39, 0.29) is 0 Å². The summed E-state index contributed by atoms with van der Waals surface area (Å²) in [5, 5.41) is 0. The fourth-order valence-electron chi connectivity index (χ4n) is 1.22. The van der Waals surface area contributed by atoms with Gasteiger partial charge in [-0.3, -0.25) is 0 Å². The van der Waals surface area contributed by atoms with Gasteiger partial charge in [-0.25, -0.2) is 0 Å². The minimum absolute atomic E-state index is 0.568. The smallest absolute Gasteiger partial charge is 0.272 e. The van der Waals surface area contributed by atoms with Crippen molar-refractivity contribution in [3.05, 3.63) is 23.9 Å². The van der Waals surface area contributed by atoms with Gasteiger partial charge in [0.25, 0.3) is 5.95 Å². The van der Waals surface area contributed by atoms with Crippen molar-refractivity contribution in [2.24, 2.45) is 0 Å². The van der Waals surface area contributed by atoms with Gasteiger partial charge >= 0.3 is 0 Å². The first kappa shape index (κ1) is 12.2. The SMILES string of the molecule is C/C=C1/C=C(O[Si](C)(C)C)OC(C)(C)O1. The summed E-state index contributed by atoms with van der Waals surface area (Å²) in [4.78, 5) is 0. The van der Waals surface area contributed by atoms with Crippen molar-refractivity contribution < 1.29 is 13.9 Å². The van der Waals surface area contributed by atoms with Gasteiger partial charge < -0.3 is 13.9 Å². The van der Waals surface area contributed by atoms with E-state index in [1.54, 1.807) is 6.08 Å². The van der Waals surface area contributed by atoms with Gasteiger partial charge in [-0.2, -0.15) is 0 Å². The van der Waals surface area contributed by atoms with Crippen LogP contribution in [-0.2, 0) is 13.9 Å². The summed E-state index contributed by atoms with van der Waals surface area (Å²) in [6.45, 7) is 12.0. The van der Waals surface area contributed by atoms with Gasteiger partial charge in [-0.1, -0.05) is 0 Å². The molecule has 0 N–H and O–H groups in total. The Morgan fingerprint density at radius 3 is 2.33 bits per heavy atom. The van der Waals surface area contributed by atoms with E-state index in [2.05, 4.69) is 19.6 Å². The molecule has 15 heavy (non-hydrogen) atoms. The van der Waals surface area contributed by atoms with Crippen LogP contribution in [0.5, 0.6) is 0 Å². The lowest BCUT2D eigenvalue weighted by Crippen LogP contribution is -2.35. The summed E-state index contributed by atoms with van der Waals surface area (Å²) in [6, 6.07) is 0. The molecular weight excluding hydrogens is 208 g/mol. The number of hydrogen-bond acceptors (Lipinski definition) is 3. The lowest BCUT2D eigenvalue weighted by atomic mass is 10.3. The quantitative estimate of drug-likeness (QED) is 0.678. The molecule has 0 atom stereocenters. The van der Waals surface area contributed by atoms with E-state index in [0.717, 1.165) is 5.76 Å². The molecular formula is C11H20O3Si. The molecule has 0 saturated heterocycles. The van der Waals surface area contributed by atoms with Gasteiger partial charge in [-0.05, 0) is 32.6 Å². The molecule has 0 bridgehead atoms. The van der Waals surface area contributed by atoms with Gasteiger partial charge in [-0.15, -0.1) is 0 Å². The molecule has 0 aromatic rings. The maximum Gasteiger partial charge on any atom is 0.272 e. The van der Waals surface area contributed by atoms with E-state index in [4.69, 9.17) is 13.9 Å². The Hall–Kier alpha value is -0.903. The second-order valence-corrected chi connectivity index (χ2v) is 9.40. The topological polar surface area (TPSA) is 27.7 Å². The highest BCUT2D eigenvalue weighted by Crippen LogP contribution is 2.29. The molecule has 0 aromatic carbocycles. The highest BCUT2D eigenvalue weighted by atomic mass is 28.4. The third-order valence-electron chi connectivity index (χ3n) is 1.66. The minimum atomic E-state index is -1.63. The van der Waals surface area contributed by atoms with Gasteiger partial charge in [0.05, 0.1) is 6.08 Å². The monoisotopic (exact) mass is 228 g/mol. The van der Waals surface area contributed by atoms with Crippen LogP contribution in [0.4, 0.5) is 0 Å². The molecule has 0 saturated carbocycles. The van der Waals surface area contributed by atoms with Crippen molar-refractivity contribution in [1.82, 2.24) is 0 Å². The average molecular weight is 228 g/mol. The van der Waals surface area contributed by atoms with Crippen LogP contribution < -0.4 is 0 Å². The van der Waals surface area contributed by atoms with Gasteiger partial charge in [0, 0.05) is 13.8 Å². The van der Waals surface area contributed by atoms with E-state index in [0.29, 0.717) is 5.95 Å². The molecule has 0 amide bonds. The molecule has 0 unspecified atom stereocenters. The van der Waals surface area contributed by atoms with Crippen molar-refractivity contribution in [3.63, 3.8) is 0 Å². The van der Waals surface area contributed by atoms with Crippen molar-refractivity contribution in [1.29, 1.82) is 0 Å². The Morgan fingerprint density at radius 1 is 1.27 bits per heavy atom. The van der Waals surface area contributed by atoms with E-state index < -0.39 is 14.1 Å². The Bertz CT molecular complexity index is 297. The molecule has 1 aliphatic rings. The maximum atomic E-state index is 5.80. The van der Waals surface area contributed by atoms with Crippen LogP contribution in [-0.4, -0.2) is 14.1 Å².